The van der Waals surface area contributed by atoms with Crippen molar-refractivity contribution in [3.8, 4) is 0 Å². The molecule has 1 fully saturated rings. The summed E-state index contributed by atoms with van der Waals surface area (Å²) in [7, 11) is 0. The largest absolute Gasteiger partial charge is 0.444 e. The number of aliphatic hydroxyl groups is 1. The van der Waals surface area contributed by atoms with Gasteiger partial charge >= 0.3 is 6.09 Å². The molecule has 0 saturated carbocycles. The van der Waals surface area contributed by atoms with Gasteiger partial charge in [0.25, 0.3) is 0 Å². The predicted molar refractivity (Wildman–Crippen MR) is 83.3 cm³/mol. The van der Waals surface area contributed by atoms with E-state index in [4.69, 9.17) is 9.47 Å². The molecule has 0 spiro atoms. The van der Waals surface area contributed by atoms with E-state index >= 15 is 0 Å². The van der Waals surface area contributed by atoms with Gasteiger partial charge in [0.1, 0.15) is 11.7 Å². The van der Waals surface area contributed by atoms with Crippen molar-refractivity contribution in [2.75, 3.05) is 6.61 Å². The van der Waals surface area contributed by atoms with Crippen LogP contribution in [0, 0.1) is 0 Å². The normalized spacial score (nSPS) is 22.5. The molecule has 2 rings (SSSR count). The molecule has 1 heterocycles. The number of amides is 1. The molecule has 1 aliphatic rings. The number of benzene rings is 1. The van der Waals surface area contributed by atoms with Crippen LogP contribution in [0.1, 0.15) is 46.3 Å². The van der Waals surface area contributed by atoms with Crippen LogP contribution in [0.15, 0.2) is 30.3 Å². The Morgan fingerprint density at radius 2 is 1.95 bits per heavy atom. The SMILES string of the molecule is CC(C)(C)OC(=O)N1[C@@H]([C@H](O)c2ccccc2)OCC1(C)C. The van der Waals surface area contributed by atoms with Gasteiger partial charge in [0.05, 0.1) is 12.1 Å². The molecule has 5 heteroatoms. The van der Waals surface area contributed by atoms with Gasteiger partial charge < -0.3 is 14.6 Å². The van der Waals surface area contributed by atoms with Crippen LogP contribution in [-0.4, -0.2) is 40.1 Å². The van der Waals surface area contributed by atoms with Crippen molar-refractivity contribution in [3.05, 3.63) is 35.9 Å². The third-order valence-corrected chi connectivity index (χ3v) is 3.52. The number of aliphatic hydroxyl groups excluding tert-OH is 1. The molecule has 1 aromatic rings. The number of carbonyl (C=O) groups excluding carboxylic acids is 1. The second-order valence-electron chi connectivity index (χ2n) is 7.22. The number of rotatable bonds is 2. The highest BCUT2D eigenvalue weighted by molar-refractivity contribution is 5.70. The van der Waals surface area contributed by atoms with Crippen molar-refractivity contribution >= 4 is 6.09 Å². The Morgan fingerprint density at radius 3 is 2.50 bits per heavy atom. The maximum Gasteiger partial charge on any atom is 0.412 e. The van der Waals surface area contributed by atoms with Crippen molar-refractivity contribution in [2.24, 2.45) is 0 Å². The summed E-state index contributed by atoms with van der Waals surface area (Å²) in [5, 5.41) is 10.6. The van der Waals surface area contributed by atoms with Gasteiger partial charge in [-0.05, 0) is 40.2 Å². The molecule has 1 aliphatic heterocycles. The third-order valence-electron chi connectivity index (χ3n) is 3.52. The van der Waals surface area contributed by atoms with E-state index in [0.717, 1.165) is 0 Å². The van der Waals surface area contributed by atoms with Crippen molar-refractivity contribution in [2.45, 2.75) is 58.1 Å². The number of hydrogen-bond acceptors (Lipinski definition) is 4. The van der Waals surface area contributed by atoms with Gasteiger partial charge in [0, 0.05) is 0 Å². The first kappa shape index (κ1) is 16.8. The Hall–Kier alpha value is -1.59. The smallest absolute Gasteiger partial charge is 0.412 e. The van der Waals surface area contributed by atoms with Crippen molar-refractivity contribution in [1.82, 2.24) is 4.90 Å². The molecule has 0 aromatic heterocycles. The van der Waals surface area contributed by atoms with Crippen LogP contribution >= 0.6 is 0 Å². The second kappa shape index (κ2) is 5.89. The molecular formula is C17H25NO4. The average molecular weight is 307 g/mol. The van der Waals surface area contributed by atoms with Crippen molar-refractivity contribution in [1.29, 1.82) is 0 Å². The second-order valence-corrected chi connectivity index (χ2v) is 7.22. The highest BCUT2D eigenvalue weighted by Crippen LogP contribution is 2.35. The standard InChI is InChI=1S/C17H25NO4/c1-16(2,3)22-15(20)18-14(21-11-17(18,4)5)13(19)12-9-7-6-8-10-12/h6-10,13-14,19H,11H2,1-5H3/t13-,14-/m1/s1. The Bertz CT molecular complexity index is 521. The lowest BCUT2D eigenvalue weighted by atomic mass is 10.0. The van der Waals surface area contributed by atoms with Gasteiger partial charge in [-0.3, -0.25) is 4.90 Å². The number of hydrogen-bond donors (Lipinski definition) is 1. The summed E-state index contributed by atoms with van der Waals surface area (Å²) in [6.45, 7) is 9.59. The quantitative estimate of drug-likeness (QED) is 0.912. The maximum atomic E-state index is 12.5. The van der Waals surface area contributed by atoms with Gasteiger partial charge in [0.2, 0.25) is 0 Å². The van der Waals surface area contributed by atoms with E-state index in [2.05, 4.69) is 0 Å². The predicted octanol–water partition coefficient (Wildman–Crippen LogP) is 3.09. The molecule has 2 atom stereocenters. The summed E-state index contributed by atoms with van der Waals surface area (Å²) in [4.78, 5) is 14.0. The van der Waals surface area contributed by atoms with Crippen LogP contribution in [0.5, 0.6) is 0 Å². The first-order chi connectivity index (χ1) is 10.1. The lowest BCUT2D eigenvalue weighted by molar-refractivity contribution is -0.0750. The minimum Gasteiger partial charge on any atom is -0.444 e. The van der Waals surface area contributed by atoms with E-state index in [-0.39, 0.29) is 0 Å². The zero-order valence-electron chi connectivity index (χ0n) is 13.9. The summed E-state index contributed by atoms with van der Waals surface area (Å²) in [5.74, 6) is 0. The molecule has 0 aliphatic carbocycles. The number of ether oxygens (including phenoxy) is 2. The fourth-order valence-corrected chi connectivity index (χ4v) is 2.49. The van der Waals surface area contributed by atoms with E-state index in [9.17, 15) is 9.90 Å². The van der Waals surface area contributed by atoms with Crippen molar-refractivity contribution < 1.29 is 19.4 Å². The lowest BCUT2D eigenvalue weighted by Gasteiger charge is -2.36. The van der Waals surface area contributed by atoms with Crippen molar-refractivity contribution in [3.63, 3.8) is 0 Å². The van der Waals surface area contributed by atoms with Gasteiger partial charge in [-0.1, -0.05) is 30.3 Å². The van der Waals surface area contributed by atoms with E-state index in [1.807, 2.05) is 65.0 Å². The van der Waals surface area contributed by atoms with Gasteiger partial charge in [-0.15, -0.1) is 0 Å². The first-order valence-corrected chi connectivity index (χ1v) is 7.49. The number of nitrogens with zero attached hydrogens (tertiary/aromatic N) is 1. The molecule has 5 nitrogen and oxygen atoms in total. The van der Waals surface area contributed by atoms with E-state index in [1.165, 1.54) is 4.90 Å². The lowest BCUT2D eigenvalue weighted by Crippen LogP contribution is -2.51. The molecule has 122 valence electrons. The summed E-state index contributed by atoms with van der Waals surface area (Å²) in [6, 6.07) is 9.19. The Labute approximate surface area is 131 Å². The van der Waals surface area contributed by atoms with Crippen LogP contribution in [0.3, 0.4) is 0 Å². The highest BCUT2D eigenvalue weighted by atomic mass is 16.6. The third kappa shape index (κ3) is 3.59. The van der Waals surface area contributed by atoms with Crippen LogP contribution in [0.25, 0.3) is 0 Å². The first-order valence-electron chi connectivity index (χ1n) is 7.49. The molecule has 0 unspecified atom stereocenters. The molecule has 1 N–H and O–H groups in total. The van der Waals surface area contributed by atoms with Gasteiger partial charge in [0.15, 0.2) is 6.23 Å². The molecule has 0 radical (unpaired) electrons. The Balaban J connectivity index is 2.25. The zero-order chi connectivity index (χ0) is 16.5. The van der Waals surface area contributed by atoms with E-state index < -0.39 is 29.6 Å². The van der Waals surface area contributed by atoms with E-state index in [1.54, 1.807) is 0 Å². The van der Waals surface area contributed by atoms with E-state index in [0.29, 0.717) is 12.2 Å². The molecule has 1 saturated heterocycles. The topological polar surface area (TPSA) is 59.0 Å². The van der Waals surface area contributed by atoms with Crippen LogP contribution in [0.4, 0.5) is 4.79 Å². The van der Waals surface area contributed by atoms with Crippen LogP contribution in [0.2, 0.25) is 0 Å². The summed E-state index contributed by atoms with van der Waals surface area (Å²) in [6.07, 6.45) is -2.15. The molecule has 1 aromatic carbocycles. The van der Waals surface area contributed by atoms with Crippen LogP contribution in [-0.2, 0) is 9.47 Å². The number of carbonyl (C=O) groups is 1. The summed E-state index contributed by atoms with van der Waals surface area (Å²) < 4.78 is 11.2. The summed E-state index contributed by atoms with van der Waals surface area (Å²) in [5.41, 5.74) is -0.431. The Kier molecular flexibility index (Phi) is 4.49. The Morgan fingerprint density at radius 1 is 1.36 bits per heavy atom. The minimum absolute atomic E-state index is 0.348. The van der Waals surface area contributed by atoms with Gasteiger partial charge in [-0.25, -0.2) is 4.79 Å². The zero-order valence-corrected chi connectivity index (χ0v) is 13.9. The fourth-order valence-electron chi connectivity index (χ4n) is 2.49. The molecule has 1 amide bonds. The van der Waals surface area contributed by atoms with Gasteiger partial charge in [-0.2, -0.15) is 0 Å². The summed E-state index contributed by atoms with van der Waals surface area (Å²) >= 11 is 0. The fraction of sp³-hybridized carbons (Fsp3) is 0.588. The average Bonchev–Trinajstić information content (AvgIpc) is 2.72. The maximum absolute atomic E-state index is 12.5. The monoisotopic (exact) mass is 307 g/mol. The molecule has 22 heavy (non-hydrogen) atoms. The molecule has 0 bridgehead atoms. The van der Waals surface area contributed by atoms with Crippen LogP contribution < -0.4 is 0 Å². The molecular weight excluding hydrogens is 282 g/mol. The minimum atomic E-state index is -0.921. The highest BCUT2D eigenvalue weighted by Gasteiger charge is 2.48.